The van der Waals surface area contributed by atoms with Gasteiger partial charge in [0.1, 0.15) is 17.3 Å². The number of nitriles is 1. The molecule has 268 valence electrons. The van der Waals surface area contributed by atoms with E-state index in [9.17, 15) is 5.26 Å². The summed E-state index contributed by atoms with van der Waals surface area (Å²) in [6, 6.07) is 28.7. The zero-order valence-corrected chi connectivity index (χ0v) is 31.3. The van der Waals surface area contributed by atoms with E-state index in [1.54, 1.807) is 19.3 Å². The fraction of sp³-hybridized carbons (Fsp3) is 0.234. The van der Waals surface area contributed by atoms with Gasteiger partial charge in [-0.1, -0.05) is 70.2 Å². The van der Waals surface area contributed by atoms with Crippen LogP contribution in [0, 0.1) is 17.9 Å². The topological polar surface area (TPSA) is 62.3 Å². The van der Waals surface area contributed by atoms with Gasteiger partial charge in [-0.3, -0.25) is 0 Å². The van der Waals surface area contributed by atoms with Gasteiger partial charge in [0.05, 0.1) is 31.1 Å². The van der Waals surface area contributed by atoms with Crippen molar-refractivity contribution in [3.05, 3.63) is 160 Å². The molecule has 0 radical (unpaired) electrons. The van der Waals surface area contributed by atoms with Gasteiger partial charge in [-0.05, 0) is 113 Å². The molecule has 0 saturated heterocycles. The number of rotatable bonds is 6. The molecule has 0 aromatic heterocycles. The first-order valence-electron chi connectivity index (χ1n) is 18.4. The van der Waals surface area contributed by atoms with Crippen molar-refractivity contribution in [2.45, 2.75) is 51.4 Å². The minimum absolute atomic E-state index is 0.00454. The van der Waals surface area contributed by atoms with Crippen LogP contribution in [0.2, 0.25) is 0 Å². The van der Waals surface area contributed by atoms with Gasteiger partial charge in [-0.2, -0.15) is 0 Å². The normalized spacial score (nSPS) is 18.6. The van der Waals surface area contributed by atoms with Crippen LogP contribution in [0.15, 0.2) is 126 Å². The maximum Gasteiger partial charge on any atom is 0.269 e. The molecule has 0 spiro atoms. The summed E-state index contributed by atoms with van der Waals surface area (Å²) in [4.78, 5) is 8.24. The van der Waals surface area contributed by atoms with Crippen LogP contribution < -0.4 is 19.3 Å². The highest BCUT2D eigenvalue weighted by Crippen LogP contribution is 2.54. The molecule has 4 heterocycles. The Labute approximate surface area is 317 Å². The van der Waals surface area contributed by atoms with Crippen LogP contribution in [-0.2, 0) is 15.6 Å². The number of hydrogen-bond acceptors (Lipinski definition) is 6. The Morgan fingerprint density at radius 2 is 1.43 bits per heavy atom. The van der Waals surface area contributed by atoms with E-state index < -0.39 is 0 Å². The van der Waals surface area contributed by atoms with Crippen LogP contribution in [0.25, 0.3) is 17.0 Å². The summed E-state index contributed by atoms with van der Waals surface area (Å²) in [5.41, 5.74) is 9.31. The number of anilines is 4. The SMILES string of the molecule is [C-]#[N+]/C(C#N)=C1C=C(/C=C/c2ccc(N3c4ccccc4Oc4ccccc43)cc2)OC(/C=C/c2cc3c4c(c2OC)C(C)(C)CCN4CCC3(C)C)=C/1. The number of fused-ring (bicyclic) bond motifs is 2. The highest BCUT2D eigenvalue weighted by molar-refractivity contribution is 5.86. The van der Waals surface area contributed by atoms with E-state index in [2.05, 4.69) is 90.9 Å². The molecule has 7 nitrogen and oxygen atoms in total. The van der Waals surface area contributed by atoms with Crippen LogP contribution >= 0.6 is 0 Å². The minimum atomic E-state index is -0.0485. The predicted octanol–water partition coefficient (Wildman–Crippen LogP) is 11.7. The second kappa shape index (κ2) is 13.5. The van der Waals surface area contributed by atoms with Crippen LogP contribution in [0.5, 0.6) is 17.2 Å². The summed E-state index contributed by atoms with van der Waals surface area (Å²) < 4.78 is 18.7. The standard InChI is InChI=1S/C47H42N4O3/c1-46(2)23-25-50-26-24-47(3,4)43-44(50)37(46)29-32(45(43)52-6)18-22-36-28-33(38(30-48)49-5)27-35(53-36)21-17-31-15-19-34(20-16-31)51-39-11-7-9-13-41(39)54-42-14-10-8-12-40(42)51/h7-22,27-29H,23-26H2,1-4,6H3/b21-17+,22-18+,38-33-. The molecule has 54 heavy (non-hydrogen) atoms. The Morgan fingerprint density at radius 3 is 2.04 bits per heavy atom. The van der Waals surface area contributed by atoms with Gasteiger partial charge >= 0.3 is 0 Å². The van der Waals surface area contributed by atoms with E-state index in [1.807, 2.05) is 60.7 Å². The van der Waals surface area contributed by atoms with Gasteiger partial charge in [-0.15, -0.1) is 0 Å². The summed E-state index contributed by atoms with van der Waals surface area (Å²) in [6.45, 7) is 19.0. The van der Waals surface area contributed by atoms with Crippen LogP contribution in [0.1, 0.15) is 62.8 Å². The lowest BCUT2D eigenvalue weighted by Crippen LogP contribution is -2.45. The molecular formula is C47H42N4O3. The predicted molar refractivity (Wildman–Crippen MR) is 216 cm³/mol. The van der Waals surface area contributed by atoms with Crippen molar-refractivity contribution in [1.29, 1.82) is 5.26 Å². The molecule has 0 unspecified atom stereocenters. The third-order valence-corrected chi connectivity index (χ3v) is 11.0. The molecule has 4 aliphatic rings. The van der Waals surface area contributed by atoms with Crippen LogP contribution in [-0.4, -0.2) is 20.2 Å². The lowest BCUT2D eigenvalue weighted by atomic mass is 9.68. The quantitative estimate of drug-likeness (QED) is 0.129. The van der Waals surface area contributed by atoms with E-state index in [1.165, 1.54) is 16.8 Å². The summed E-state index contributed by atoms with van der Waals surface area (Å²) in [5.74, 6) is 3.54. The number of allylic oxidation sites excluding steroid dienone is 6. The van der Waals surface area contributed by atoms with E-state index in [0.29, 0.717) is 17.1 Å². The molecule has 0 fully saturated rings. The van der Waals surface area contributed by atoms with E-state index in [4.69, 9.17) is 20.8 Å². The maximum atomic E-state index is 9.80. The van der Waals surface area contributed by atoms with Crippen LogP contribution in [0.3, 0.4) is 0 Å². The van der Waals surface area contributed by atoms with Gasteiger partial charge < -0.3 is 24.0 Å². The summed E-state index contributed by atoms with van der Waals surface area (Å²) >= 11 is 0. The van der Waals surface area contributed by atoms with Crippen molar-refractivity contribution in [3.63, 3.8) is 0 Å². The molecule has 0 bridgehead atoms. The Kier molecular flexibility index (Phi) is 8.67. The zero-order valence-electron chi connectivity index (χ0n) is 31.3. The molecular weight excluding hydrogens is 669 g/mol. The average Bonchev–Trinajstić information content (AvgIpc) is 3.18. The summed E-state index contributed by atoms with van der Waals surface area (Å²) in [7, 11) is 1.75. The Balaban J connectivity index is 1.10. The third-order valence-electron chi connectivity index (χ3n) is 11.0. The van der Waals surface area contributed by atoms with Crippen molar-refractivity contribution < 1.29 is 14.2 Å². The fourth-order valence-corrected chi connectivity index (χ4v) is 7.98. The first-order chi connectivity index (χ1) is 26.1. The first-order valence-corrected chi connectivity index (χ1v) is 18.4. The van der Waals surface area contributed by atoms with Gasteiger partial charge in [0.2, 0.25) is 0 Å². The number of para-hydroxylation sites is 4. The fourth-order valence-electron chi connectivity index (χ4n) is 7.98. The summed E-state index contributed by atoms with van der Waals surface area (Å²) in [6.07, 6.45) is 13.4. The van der Waals surface area contributed by atoms with Gasteiger partial charge in [0, 0.05) is 35.6 Å². The Morgan fingerprint density at radius 1 is 0.815 bits per heavy atom. The molecule has 0 atom stereocenters. The van der Waals surface area contributed by atoms with E-state index in [-0.39, 0.29) is 16.5 Å². The number of methoxy groups -OCH3 is 1. The van der Waals surface area contributed by atoms with Crippen molar-refractivity contribution in [1.82, 2.24) is 0 Å². The zero-order chi connectivity index (χ0) is 37.6. The molecule has 0 aliphatic carbocycles. The Hall–Kier alpha value is -6.44. The van der Waals surface area contributed by atoms with Gasteiger partial charge in [-0.25, -0.2) is 10.1 Å². The largest absolute Gasteiger partial charge is 0.496 e. The van der Waals surface area contributed by atoms with E-state index >= 15 is 0 Å². The van der Waals surface area contributed by atoms with Gasteiger partial charge in [0.25, 0.3) is 5.70 Å². The third kappa shape index (κ3) is 6.12. The van der Waals surface area contributed by atoms with Crippen molar-refractivity contribution in [2.24, 2.45) is 0 Å². The average molecular weight is 711 g/mol. The molecule has 0 N–H and O–H groups in total. The smallest absolute Gasteiger partial charge is 0.269 e. The minimum Gasteiger partial charge on any atom is -0.496 e. The van der Waals surface area contributed by atoms with Crippen molar-refractivity contribution in [3.8, 4) is 23.3 Å². The monoisotopic (exact) mass is 710 g/mol. The van der Waals surface area contributed by atoms with Crippen molar-refractivity contribution in [2.75, 3.05) is 30.0 Å². The molecule has 8 rings (SSSR count). The van der Waals surface area contributed by atoms with Gasteiger partial charge in [0.15, 0.2) is 11.5 Å². The molecule has 0 saturated carbocycles. The molecule has 4 aromatic carbocycles. The maximum absolute atomic E-state index is 9.80. The molecule has 7 heteroatoms. The lowest BCUT2D eigenvalue weighted by Gasteiger charge is -2.48. The molecule has 4 aromatic rings. The number of benzene rings is 4. The van der Waals surface area contributed by atoms with Crippen molar-refractivity contribution >= 4 is 34.9 Å². The highest BCUT2D eigenvalue weighted by atomic mass is 16.5. The second-order valence-electron chi connectivity index (χ2n) is 15.4. The van der Waals surface area contributed by atoms with Crippen LogP contribution in [0.4, 0.5) is 22.7 Å². The number of hydrogen-bond donors (Lipinski definition) is 0. The second-order valence-corrected chi connectivity index (χ2v) is 15.4. The Bertz CT molecular complexity index is 2350. The first kappa shape index (κ1) is 34.6. The molecule has 0 amide bonds. The highest BCUT2D eigenvalue weighted by Gasteiger charge is 2.42. The van der Waals surface area contributed by atoms with E-state index in [0.717, 1.165) is 71.4 Å². The lowest BCUT2D eigenvalue weighted by molar-refractivity contribution is 0.332. The summed E-state index contributed by atoms with van der Waals surface area (Å²) in [5, 5.41) is 9.80. The number of ether oxygens (including phenoxy) is 3. The molecule has 4 aliphatic heterocycles. The number of nitrogens with zero attached hydrogens (tertiary/aromatic N) is 4.